The predicted octanol–water partition coefficient (Wildman–Crippen LogP) is 5.06. The van der Waals surface area contributed by atoms with Crippen molar-refractivity contribution >= 4 is 39.7 Å². The van der Waals surface area contributed by atoms with Gasteiger partial charge >= 0.3 is 12.0 Å². The molecule has 0 unspecified atom stereocenters. The number of methoxy groups -OCH3 is 2. The van der Waals surface area contributed by atoms with Gasteiger partial charge in [-0.2, -0.15) is 4.98 Å². The van der Waals surface area contributed by atoms with Crippen molar-refractivity contribution in [3.8, 4) is 23.0 Å². The summed E-state index contributed by atoms with van der Waals surface area (Å²) in [6.07, 6.45) is 2.98. The van der Waals surface area contributed by atoms with Crippen LogP contribution in [0, 0.1) is 0 Å². The first-order valence-corrected chi connectivity index (χ1v) is 11.6. The monoisotopic (exact) mass is 513 g/mol. The van der Waals surface area contributed by atoms with Gasteiger partial charge < -0.3 is 25.6 Å². The zero-order valence-corrected chi connectivity index (χ0v) is 21.6. The van der Waals surface area contributed by atoms with Gasteiger partial charge in [0.2, 0.25) is 5.88 Å². The molecular formula is C28H27N5O5. The van der Waals surface area contributed by atoms with Crippen LogP contribution in [0.5, 0.6) is 11.9 Å². The largest absolute Gasteiger partial charge is 0.480 e. The Kier molecular flexibility index (Phi) is 7.24. The molecule has 0 saturated carbocycles. The standard InChI is InChI=1S/C28H27N5O5/c1-14(2)15(3)17-8-18(27(35)36)10-19(9-17)32-24-20-7-6-16(11-23(20)30-13-22(24)25(29)34)21-12-31-28(38-5)33-26(21)37-4/h6-13H,1-5H3,(H2,29,34)(H,30,32)(H,35,36). The number of allylic oxidation sites excluding steroid dienone is 2. The SMILES string of the molecule is COc1ncc(-c2ccc3c(Nc4cc(C(=O)O)cc(C(C)=C(C)C)c4)c(C(N)=O)cnc3c2)c(OC)n1. The molecule has 1 amide bonds. The molecule has 0 spiro atoms. The van der Waals surface area contributed by atoms with E-state index in [-0.39, 0.29) is 17.1 Å². The lowest BCUT2D eigenvalue weighted by Crippen LogP contribution is -2.14. The molecule has 0 bridgehead atoms. The van der Waals surface area contributed by atoms with Crippen LogP contribution >= 0.6 is 0 Å². The molecule has 0 atom stereocenters. The summed E-state index contributed by atoms with van der Waals surface area (Å²) < 4.78 is 10.5. The van der Waals surface area contributed by atoms with Crippen LogP contribution in [0.25, 0.3) is 27.6 Å². The van der Waals surface area contributed by atoms with Crippen molar-refractivity contribution in [1.82, 2.24) is 15.0 Å². The number of benzene rings is 2. The lowest BCUT2D eigenvalue weighted by atomic mass is 9.99. The van der Waals surface area contributed by atoms with Crippen molar-refractivity contribution in [2.24, 2.45) is 5.73 Å². The van der Waals surface area contributed by atoms with Crippen LogP contribution in [-0.2, 0) is 0 Å². The fraction of sp³-hybridized carbons (Fsp3) is 0.179. The number of aromatic carboxylic acids is 1. The Morgan fingerprint density at radius 1 is 0.947 bits per heavy atom. The van der Waals surface area contributed by atoms with Crippen LogP contribution in [0.1, 0.15) is 47.1 Å². The number of anilines is 2. The van der Waals surface area contributed by atoms with Gasteiger partial charge in [0.1, 0.15) is 0 Å². The van der Waals surface area contributed by atoms with Gasteiger partial charge in [-0.25, -0.2) is 9.78 Å². The number of aromatic nitrogens is 3. The highest BCUT2D eigenvalue weighted by Crippen LogP contribution is 2.35. The summed E-state index contributed by atoms with van der Waals surface area (Å²) in [4.78, 5) is 37.0. The number of rotatable bonds is 8. The van der Waals surface area contributed by atoms with Gasteiger partial charge in [-0.1, -0.05) is 17.7 Å². The lowest BCUT2D eigenvalue weighted by Gasteiger charge is -2.16. The molecule has 10 heteroatoms. The Morgan fingerprint density at radius 2 is 1.68 bits per heavy atom. The Bertz CT molecular complexity index is 1610. The number of hydrogen-bond acceptors (Lipinski definition) is 8. The molecule has 0 aliphatic heterocycles. The maximum Gasteiger partial charge on any atom is 0.335 e. The molecule has 4 aromatic rings. The number of amides is 1. The van der Waals surface area contributed by atoms with Crippen LogP contribution in [0.15, 0.2) is 54.4 Å². The Hall–Kier alpha value is -4.99. The number of carboxylic acids is 1. The third-order valence-electron chi connectivity index (χ3n) is 6.19. The zero-order chi connectivity index (χ0) is 27.6. The highest BCUT2D eigenvalue weighted by Gasteiger charge is 2.18. The summed E-state index contributed by atoms with van der Waals surface area (Å²) in [5.74, 6) is -1.41. The normalized spacial score (nSPS) is 10.7. The van der Waals surface area contributed by atoms with E-state index >= 15 is 0 Å². The van der Waals surface area contributed by atoms with Crippen molar-refractivity contribution in [3.63, 3.8) is 0 Å². The topological polar surface area (TPSA) is 150 Å². The summed E-state index contributed by atoms with van der Waals surface area (Å²) >= 11 is 0. The second-order valence-electron chi connectivity index (χ2n) is 8.78. The van der Waals surface area contributed by atoms with E-state index in [1.54, 1.807) is 18.3 Å². The molecule has 0 saturated heterocycles. The molecule has 4 rings (SSSR count). The van der Waals surface area contributed by atoms with Gasteiger partial charge in [0.15, 0.2) is 0 Å². The van der Waals surface area contributed by atoms with E-state index < -0.39 is 11.9 Å². The molecule has 4 N–H and O–H groups in total. The third-order valence-corrected chi connectivity index (χ3v) is 6.19. The molecular weight excluding hydrogens is 486 g/mol. The Morgan fingerprint density at radius 3 is 2.32 bits per heavy atom. The van der Waals surface area contributed by atoms with Gasteiger partial charge in [-0.15, -0.1) is 0 Å². The summed E-state index contributed by atoms with van der Waals surface area (Å²) in [5.41, 5.74) is 11.5. The second kappa shape index (κ2) is 10.6. The lowest BCUT2D eigenvalue weighted by molar-refractivity contribution is 0.0696. The first-order chi connectivity index (χ1) is 18.1. The molecule has 0 fully saturated rings. The van der Waals surface area contributed by atoms with Crippen molar-refractivity contribution in [2.45, 2.75) is 20.8 Å². The van der Waals surface area contributed by atoms with E-state index in [1.165, 1.54) is 26.5 Å². The van der Waals surface area contributed by atoms with E-state index in [0.717, 1.165) is 22.3 Å². The number of fused-ring (bicyclic) bond motifs is 1. The number of nitrogens with zero attached hydrogens (tertiary/aromatic N) is 3. The van der Waals surface area contributed by atoms with Crippen molar-refractivity contribution in [1.29, 1.82) is 0 Å². The minimum Gasteiger partial charge on any atom is -0.480 e. The zero-order valence-electron chi connectivity index (χ0n) is 21.6. The number of carboxylic acid groups (broad SMARTS) is 1. The van der Waals surface area contributed by atoms with Gasteiger partial charge in [0, 0.05) is 23.5 Å². The molecule has 0 aliphatic carbocycles. The number of carbonyl (C=O) groups is 2. The quantitative estimate of drug-likeness (QED) is 0.294. The summed E-state index contributed by atoms with van der Waals surface area (Å²) in [7, 11) is 2.97. The number of carbonyl (C=O) groups excluding carboxylic acids is 1. The maximum atomic E-state index is 12.3. The van der Waals surface area contributed by atoms with Gasteiger partial charge in [0.25, 0.3) is 5.91 Å². The average Bonchev–Trinajstić information content (AvgIpc) is 2.91. The van der Waals surface area contributed by atoms with Crippen LogP contribution in [0.2, 0.25) is 0 Å². The van der Waals surface area contributed by atoms with Gasteiger partial charge in [-0.05, 0) is 61.7 Å². The Balaban J connectivity index is 1.87. The number of pyridine rings is 1. The van der Waals surface area contributed by atoms with E-state index in [4.69, 9.17) is 15.2 Å². The first-order valence-electron chi connectivity index (χ1n) is 11.6. The van der Waals surface area contributed by atoms with E-state index in [1.807, 2.05) is 39.0 Å². The van der Waals surface area contributed by atoms with Gasteiger partial charge in [-0.3, -0.25) is 9.78 Å². The van der Waals surface area contributed by atoms with Crippen molar-refractivity contribution in [3.05, 3.63) is 71.1 Å². The molecule has 38 heavy (non-hydrogen) atoms. The predicted molar refractivity (Wildman–Crippen MR) is 145 cm³/mol. The molecule has 2 heterocycles. The van der Waals surface area contributed by atoms with E-state index in [0.29, 0.717) is 33.7 Å². The molecule has 0 radical (unpaired) electrons. The summed E-state index contributed by atoms with van der Waals surface area (Å²) in [5, 5.41) is 13.5. The highest BCUT2D eigenvalue weighted by atomic mass is 16.5. The number of ether oxygens (including phenoxy) is 2. The molecule has 194 valence electrons. The van der Waals surface area contributed by atoms with Crippen molar-refractivity contribution in [2.75, 3.05) is 19.5 Å². The molecule has 10 nitrogen and oxygen atoms in total. The average molecular weight is 514 g/mol. The number of hydrogen-bond donors (Lipinski definition) is 3. The summed E-state index contributed by atoms with van der Waals surface area (Å²) in [6, 6.07) is 10.6. The van der Waals surface area contributed by atoms with Crippen LogP contribution < -0.4 is 20.5 Å². The third kappa shape index (κ3) is 5.10. The highest BCUT2D eigenvalue weighted by molar-refractivity contribution is 6.08. The summed E-state index contributed by atoms with van der Waals surface area (Å²) in [6.45, 7) is 5.84. The molecule has 2 aromatic heterocycles. The van der Waals surface area contributed by atoms with Gasteiger partial charge in [0.05, 0.1) is 42.1 Å². The molecule has 2 aromatic carbocycles. The first kappa shape index (κ1) is 26.1. The fourth-order valence-corrected chi connectivity index (χ4v) is 3.96. The fourth-order valence-electron chi connectivity index (χ4n) is 3.96. The van der Waals surface area contributed by atoms with Crippen LogP contribution in [0.3, 0.4) is 0 Å². The second-order valence-corrected chi connectivity index (χ2v) is 8.78. The van der Waals surface area contributed by atoms with Crippen LogP contribution in [-0.4, -0.2) is 46.2 Å². The smallest absolute Gasteiger partial charge is 0.335 e. The van der Waals surface area contributed by atoms with Crippen LogP contribution in [0.4, 0.5) is 11.4 Å². The Labute approximate surface area is 219 Å². The number of primary amides is 1. The minimum atomic E-state index is -1.06. The number of nitrogens with two attached hydrogens (primary N) is 1. The minimum absolute atomic E-state index is 0.110. The number of nitrogens with one attached hydrogen (secondary N) is 1. The molecule has 0 aliphatic rings. The van der Waals surface area contributed by atoms with E-state index in [2.05, 4.69) is 20.3 Å². The van der Waals surface area contributed by atoms with E-state index in [9.17, 15) is 14.7 Å². The van der Waals surface area contributed by atoms with Crippen molar-refractivity contribution < 1.29 is 24.2 Å². The maximum absolute atomic E-state index is 12.3.